The zero-order valence-electron chi connectivity index (χ0n) is 8.56. The van der Waals surface area contributed by atoms with Crippen molar-refractivity contribution in [1.29, 1.82) is 0 Å². The molecule has 0 radical (unpaired) electrons. The van der Waals surface area contributed by atoms with Crippen LogP contribution in [0.15, 0.2) is 30.3 Å². The first-order chi connectivity index (χ1) is 7.06. The number of rotatable bonds is 5. The molecule has 0 saturated carbocycles. The number of hydrogen-bond acceptors (Lipinski definition) is 2. The second-order valence-corrected chi connectivity index (χ2v) is 5.94. The first-order valence-corrected chi connectivity index (χ1v) is 6.74. The second kappa shape index (κ2) is 5.49. The Kier molecular flexibility index (Phi) is 4.57. The Hall–Kier alpha value is -0.580. The minimum absolute atomic E-state index is 0.363. The van der Waals surface area contributed by atoms with Gasteiger partial charge >= 0.3 is 0 Å². The lowest BCUT2D eigenvalue weighted by atomic mass is 10.2. The van der Waals surface area contributed by atoms with E-state index in [-0.39, 0.29) is 5.21 Å². The summed E-state index contributed by atoms with van der Waals surface area (Å²) < 4.78 is 23.9. The zero-order valence-corrected chi connectivity index (χ0v) is 10.1. The highest BCUT2D eigenvalue weighted by atomic mass is 35.5. The van der Waals surface area contributed by atoms with Crippen molar-refractivity contribution in [3.63, 3.8) is 0 Å². The van der Waals surface area contributed by atoms with Crippen LogP contribution in [-0.2, 0) is 16.4 Å². The van der Waals surface area contributed by atoms with E-state index in [1.807, 2.05) is 30.3 Å². The van der Waals surface area contributed by atoms with Gasteiger partial charge in [0.25, 0.3) is 0 Å². The molecule has 0 atom stereocenters. The molecule has 1 aromatic rings. The van der Waals surface area contributed by atoms with Crippen LogP contribution in [-0.4, -0.2) is 31.5 Å². The van der Waals surface area contributed by atoms with E-state index in [0.717, 1.165) is 5.56 Å². The molecule has 0 saturated heterocycles. The number of nitrogens with zero attached hydrogens (tertiary/aromatic N) is 1. The minimum atomic E-state index is -3.27. The van der Waals surface area contributed by atoms with Gasteiger partial charge in [-0.3, -0.25) is 0 Å². The Morgan fingerprint density at radius 1 is 1.27 bits per heavy atom. The van der Waals surface area contributed by atoms with Crippen molar-refractivity contribution in [2.75, 3.05) is 18.8 Å². The third-order valence-corrected chi connectivity index (χ3v) is 4.41. The van der Waals surface area contributed by atoms with Crippen LogP contribution in [0.3, 0.4) is 0 Å². The van der Waals surface area contributed by atoms with Crippen LogP contribution >= 0.6 is 11.6 Å². The number of sulfonamides is 1. The van der Waals surface area contributed by atoms with E-state index in [2.05, 4.69) is 0 Å². The Bertz CT molecular complexity index is 391. The Balaban J connectivity index is 2.52. The summed E-state index contributed by atoms with van der Waals surface area (Å²) in [6, 6.07) is 9.75. The summed E-state index contributed by atoms with van der Waals surface area (Å²) in [7, 11) is -1.73. The molecule has 0 spiro atoms. The number of likely N-dealkylation sites (N-methyl/N-ethyl adjacent to an activating group) is 1. The summed E-state index contributed by atoms with van der Waals surface area (Å²) in [6.07, 6.45) is 0.702. The first-order valence-electron chi connectivity index (χ1n) is 4.60. The summed E-state index contributed by atoms with van der Waals surface area (Å²) in [6.45, 7) is 0.457. The van der Waals surface area contributed by atoms with E-state index in [4.69, 9.17) is 11.6 Å². The summed E-state index contributed by atoms with van der Waals surface area (Å²) in [5, 5.41) is -0.363. The van der Waals surface area contributed by atoms with Gasteiger partial charge in [-0.25, -0.2) is 12.7 Å². The van der Waals surface area contributed by atoms with Crippen LogP contribution in [0, 0.1) is 0 Å². The van der Waals surface area contributed by atoms with Crippen LogP contribution in [0.25, 0.3) is 0 Å². The molecule has 0 aliphatic carbocycles. The van der Waals surface area contributed by atoms with Gasteiger partial charge in [0.1, 0.15) is 5.21 Å². The zero-order chi connectivity index (χ0) is 11.3. The fourth-order valence-corrected chi connectivity index (χ4v) is 2.19. The highest BCUT2D eigenvalue weighted by molar-refractivity contribution is 7.90. The maximum absolute atomic E-state index is 11.3. The van der Waals surface area contributed by atoms with Gasteiger partial charge in [0, 0.05) is 13.6 Å². The molecule has 5 heteroatoms. The molecule has 0 fully saturated rings. The van der Waals surface area contributed by atoms with E-state index in [9.17, 15) is 8.42 Å². The van der Waals surface area contributed by atoms with Crippen molar-refractivity contribution in [2.24, 2.45) is 0 Å². The fourth-order valence-electron chi connectivity index (χ4n) is 1.15. The topological polar surface area (TPSA) is 37.4 Å². The van der Waals surface area contributed by atoms with Crippen molar-refractivity contribution in [3.05, 3.63) is 35.9 Å². The molecule has 0 aliphatic heterocycles. The first kappa shape index (κ1) is 12.5. The van der Waals surface area contributed by atoms with E-state index in [0.29, 0.717) is 13.0 Å². The molecule has 0 unspecified atom stereocenters. The molecule has 84 valence electrons. The molecule has 0 aromatic heterocycles. The molecule has 3 nitrogen and oxygen atoms in total. The molecule has 0 heterocycles. The standard InChI is InChI=1S/C10H14ClNO2S/c1-12(15(13,14)9-11)8-7-10-5-3-2-4-6-10/h2-6H,7-9H2,1H3. The molecule has 0 N–H and O–H groups in total. The number of benzene rings is 1. The highest BCUT2D eigenvalue weighted by Gasteiger charge is 2.15. The molecule has 15 heavy (non-hydrogen) atoms. The van der Waals surface area contributed by atoms with Crippen molar-refractivity contribution >= 4 is 21.6 Å². The van der Waals surface area contributed by atoms with E-state index in [1.54, 1.807) is 7.05 Å². The van der Waals surface area contributed by atoms with Gasteiger partial charge in [0.15, 0.2) is 0 Å². The Morgan fingerprint density at radius 2 is 1.87 bits per heavy atom. The van der Waals surface area contributed by atoms with Gasteiger partial charge in [0.05, 0.1) is 0 Å². The fraction of sp³-hybridized carbons (Fsp3) is 0.400. The largest absolute Gasteiger partial charge is 0.227 e. The second-order valence-electron chi connectivity index (χ2n) is 3.28. The maximum atomic E-state index is 11.3. The van der Waals surface area contributed by atoms with Crippen LogP contribution in [0.4, 0.5) is 0 Å². The van der Waals surface area contributed by atoms with Crippen LogP contribution in [0.5, 0.6) is 0 Å². The Morgan fingerprint density at radius 3 is 2.40 bits per heavy atom. The molecule has 0 amide bonds. The SMILES string of the molecule is CN(CCc1ccccc1)S(=O)(=O)CCl. The predicted octanol–water partition coefficient (Wildman–Crippen LogP) is 1.69. The highest BCUT2D eigenvalue weighted by Crippen LogP contribution is 2.04. The van der Waals surface area contributed by atoms with Crippen molar-refractivity contribution < 1.29 is 8.42 Å². The van der Waals surface area contributed by atoms with Gasteiger partial charge < -0.3 is 0 Å². The third-order valence-electron chi connectivity index (χ3n) is 2.17. The van der Waals surface area contributed by atoms with E-state index < -0.39 is 10.0 Å². The third kappa shape index (κ3) is 3.81. The molecular weight excluding hydrogens is 234 g/mol. The van der Waals surface area contributed by atoms with Gasteiger partial charge in [-0.15, -0.1) is 11.6 Å². The molecule has 0 bridgehead atoms. The lowest BCUT2D eigenvalue weighted by Gasteiger charge is -2.14. The van der Waals surface area contributed by atoms with Crippen molar-refractivity contribution in [1.82, 2.24) is 4.31 Å². The van der Waals surface area contributed by atoms with Crippen molar-refractivity contribution in [2.45, 2.75) is 6.42 Å². The van der Waals surface area contributed by atoms with Gasteiger partial charge in [-0.05, 0) is 12.0 Å². The molecule has 1 aromatic carbocycles. The Labute approximate surface area is 95.7 Å². The minimum Gasteiger partial charge on any atom is -0.211 e. The summed E-state index contributed by atoms with van der Waals surface area (Å²) in [5.41, 5.74) is 1.12. The molecule has 0 aliphatic rings. The summed E-state index contributed by atoms with van der Waals surface area (Å²) >= 11 is 5.34. The molecular formula is C10H14ClNO2S. The number of halogens is 1. The van der Waals surface area contributed by atoms with Crippen molar-refractivity contribution in [3.8, 4) is 0 Å². The van der Waals surface area contributed by atoms with E-state index >= 15 is 0 Å². The van der Waals surface area contributed by atoms with E-state index in [1.165, 1.54) is 4.31 Å². The number of hydrogen-bond donors (Lipinski definition) is 0. The maximum Gasteiger partial charge on any atom is 0.227 e. The van der Waals surface area contributed by atoms with Gasteiger partial charge in [-0.1, -0.05) is 30.3 Å². The normalized spacial score (nSPS) is 11.9. The molecule has 1 rings (SSSR count). The monoisotopic (exact) mass is 247 g/mol. The smallest absolute Gasteiger partial charge is 0.211 e. The lowest BCUT2D eigenvalue weighted by molar-refractivity contribution is 0.476. The van der Waals surface area contributed by atoms with Crippen LogP contribution in [0.1, 0.15) is 5.56 Å². The van der Waals surface area contributed by atoms with Gasteiger partial charge in [0.2, 0.25) is 10.0 Å². The predicted molar refractivity (Wildman–Crippen MR) is 62.4 cm³/mol. The van der Waals surface area contributed by atoms with Crippen LogP contribution in [0.2, 0.25) is 0 Å². The number of alkyl halides is 1. The quantitative estimate of drug-likeness (QED) is 0.743. The van der Waals surface area contributed by atoms with Crippen LogP contribution < -0.4 is 0 Å². The average molecular weight is 248 g/mol. The average Bonchev–Trinajstić information content (AvgIpc) is 2.27. The summed E-state index contributed by atoms with van der Waals surface area (Å²) in [5.74, 6) is 0. The summed E-state index contributed by atoms with van der Waals surface area (Å²) in [4.78, 5) is 0. The van der Waals surface area contributed by atoms with Gasteiger partial charge in [-0.2, -0.15) is 0 Å². The lowest BCUT2D eigenvalue weighted by Crippen LogP contribution is -2.29.